The van der Waals surface area contributed by atoms with Crippen LogP contribution in [0.2, 0.25) is 0 Å². The Bertz CT molecular complexity index is 674. The molecule has 3 nitrogen and oxygen atoms in total. The van der Waals surface area contributed by atoms with E-state index in [1.165, 1.54) is 12.1 Å². The van der Waals surface area contributed by atoms with Crippen LogP contribution < -0.4 is 10.6 Å². The molecule has 0 radical (unpaired) electrons. The van der Waals surface area contributed by atoms with E-state index >= 15 is 0 Å². The van der Waals surface area contributed by atoms with Gasteiger partial charge in [-0.05, 0) is 29.5 Å². The van der Waals surface area contributed by atoms with Gasteiger partial charge in [0.1, 0.15) is 11.6 Å². The molecule has 24 heavy (non-hydrogen) atoms. The number of nitrogens with one attached hydrogen (secondary N) is 2. The first-order chi connectivity index (χ1) is 11.5. The summed E-state index contributed by atoms with van der Waals surface area (Å²) in [5, 5.41) is 5.66. The molecule has 2 N–H and O–H groups in total. The fraction of sp³-hybridized carbons (Fsp3) is 0.316. The number of carbonyl (C=O) groups is 1. The Morgan fingerprint density at radius 3 is 2.42 bits per heavy atom. The Kier molecular flexibility index (Phi) is 6.29. The summed E-state index contributed by atoms with van der Waals surface area (Å²) in [6, 6.07) is 12.8. The summed E-state index contributed by atoms with van der Waals surface area (Å²) in [6.45, 7) is 4.34. The van der Waals surface area contributed by atoms with Gasteiger partial charge in [-0.3, -0.25) is 0 Å². The molecule has 0 aliphatic rings. The van der Waals surface area contributed by atoms with Crippen LogP contribution in [0.25, 0.3) is 0 Å². The predicted octanol–water partition coefficient (Wildman–Crippen LogP) is 4.20. The van der Waals surface area contributed by atoms with E-state index < -0.39 is 11.6 Å². The molecule has 0 saturated carbocycles. The number of halogens is 2. The van der Waals surface area contributed by atoms with Crippen molar-refractivity contribution in [3.05, 3.63) is 71.3 Å². The van der Waals surface area contributed by atoms with Crippen LogP contribution in [-0.4, -0.2) is 12.6 Å². The van der Waals surface area contributed by atoms with Crippen LogP contribution in [0.1, 0.15) is 31.0 Å². The third kappa shape index (κ3) is 5.05. The highest BCUT2D eigenvalue weighted by Crippen LogP contribution is 2.21. The second-order valence-corrected chi connectivity index (χ2v) is 6.02. The van der Waals surface area contributed by atoms with Gasteiger partial charge in [0, 0.05) is 12.6 Å². The van der Waals surface area contributed by atoms with Crippen molar-refractivity contribution in [2.45, 2.75) is 26.3 Å². The number of hydrogen-bond acceptors (Lipinski definition) is 1. The maximum Gasteiger partial charge on any atom is 0.315 e. The molecule has 2 aromatic carbocycles. The van der Waals surface area contributed by atoms with E-state index in [1.807, 2.05) is 44.2 Å². The molecule has 2 rings (SSSR count). The van der Waals surface area contributed by atoms with E-state index in [4.69, 9.17) is 0 Å². The molecule has 0 heterocycles. The summed E-state index contributed by atoms with van der Waals surface area (Å²) in [5.74, 6) is -0.973. The van der Waals surface area contributed by atoms with Crippen molar-refractivity contribution < 1.29 is 13.6 Å². The first-order valence-corrected chi connectivity index (χ1v) is 8.00. The molecule has 0 bridgehead atoms. The Hall–Kier alpha value is -2.43. The maximum atomic E-state index is 13.5. The first-order valence-electron chi connectivity index (χ1n) is 8.00. The molecule has 0 fully saturated rings. The molecule has 2 amide bonds. The van der Waals surface area contributed by atoms with Crippen molar-refractivity contribution in [2.24, 2.45) is 5.92 Å². The standard InChI is InChI=1S/C19H22F2N2O/c1-13(2)18(15-6-4-3-5-7-15)23-19(24)22-11-10-14-8-9-16(20)12-17(14)21/h3-9,12-13,18H,10-11H2,1-2H3,(H2,22,23,24). The molecule has 0 spiro atoms. The van der Waals surface area contributed by atoms with E-state index in [9.17, 15) is 13.6 Å². The van der Waals surface area contributed by atoms with Gasteiger partial charge in [0.05, 0.1) is 6.04 Å². The van der Waals surface area contributed by atoms with Crippen LogP contribution >= 0.6 is 0 Å². The van der Waals surface area contributed by atoms with Crippen molar-refractivity contribution >= 4 is 6.03 Å². The lowest BCUT2D eigenvalue weighted by molar-refractivity contribution is 0.233. The third-order valence-electron chi connectivity index (χ3n) is 3.81. The first kappa shape index (κ1) is 17.9. The Morgan fingerprint density at radius 1 is 1.08 bits per heavy atom. The second-order valence-electron chi connectivity index (χ2n) is 6.02. The average Bonchev–Trinajstić information content (AvgIpc) is 2.55. The summed E-state index contributed by atoms with van der Waals surface area (Å²) >= 11 is 0. The molecule has 1 atom stereocenters. The lowest BCUT2D eigenvalue weighted by atomic mass is 9.96. The molecule has 0 aliphatic carbocycles. The number of benzene rings is 2. The molecule has 0 saturated heterocycles. The SMILES string of the molecule is CC(C)C(NC(=O)NCCc1ccc(F)cc1F)c1ccccc1. The lowest BCUT2D eigenvalue weighted by Gasteiger charge is -2.23. The minimum Gasteiger partial charge on any atom is -0.338 e. The smallest absolute Gasteiger partial charge is 0.315 e. The van der Waals surface area contributed by atoms with E-state index in [1.54, 1.807) is 0 Å². The van der Waals surface area contributed by atoms with E-state index in [0.717, 1.165) is 11.6 Å². The van der Waals surface area contributed by atoms with Gasteiger partial charge in [0.2, 0.25) is 0 Å². The van der Waals surface area contributed by atoms with Crippen LogP contribution in [-0.2, 0) is 6.42 Å². The molecular formula is C19H22F2N2O. The Morgan fingerprint density at radius 2 is 1.79 bits per heavy atom. The van der Waals surface area contributed by atoms with Gasteiger partial charge in [-0.1, -0.05) is 50.2 Å². The normalized spacial score (nSPS) is 12.0. The van der Waals surface area contributed by atoms with Gasteiger partial charge in [0.15, 0.2) is 0 Å². The molecule has 0 aliphatic heterocycles. The maximum absolute atomic E-state index is 13.5. The zero-order valence-corrected chi connectivity index (χ0v) is 13.9. The van der Waals surface area contributed by atoms with Crippen LogP contribution in [0, 0.1) is 17.6 Å². The monoisotopic (exact) mass is 332 g/mol. The van der Waals surface area contributed by atoms with Crippen LogP contribution in [0.3, 0.4) is 0 Å². The number of hydrogen-bond donors (Lipinski definition) is 2. The number of urea groups is 1. The molecule has 128 valence electrons. The minimum absolute atomic E-state index is 0.103. The molecular weight excluding hydrogens is 310 g/mol. The molecule has 1 unspecified atom stereocenters. The second kappa shape index (κ2) is 8.43. The fourth-order valence-electron chi connectivity index (χ4n) is 2.52. The van der Waals surface area contributed by atoms with E-state index in [0.29, 0.717) is 12.0 Å². The van der Waals surface area contributed by atoms with E-state index in [-0.39, 0.29) is 24.5 Å². The summed E-state index contributed by atoms with van der Waals surface area (Å²) < 4.78 is 26.4. The van der Waals surface area contributed by atoms with Crippen LogP contribution in [0.4, 0.5) is 13.6 Å². The van der Waals surface area contributed by atoms with Gasteiger partial charge in [-0.25, -0.2) is 13.6 Å². The average molecular weight is 332 g/mol. The lowest BCUT2D eigenvalue weighted by Crippen LogP contribution is -2.40. The Labute approximate surface area is 141 Å². The topological polar surface area (TPSA) is 41.1 Å². The zero-order chi connectivity index (χ0) is 17.5. The van der Waals surface area contributed by atoms with Crippen molar-refractivity contribution in [1.82, 2.24) is 10.6 Å². The van der Waals surface area contributed by atoms with Crippen LogP contribution in [0.15, 0.2) is 48.5 Å². The van der Waals surface area contributed by atoms with Crippen LogP contribution in [0.5, 0.6) is 0 Å². The molecule has 5 heteroatoms. The quantitative estimate of drug-likeness (QED) is 0.818. The summed E-state index contributed by atoms with van der Waals surface area (Å²) in [6.07, 6.45) is 0.303. The predicted molar refractivity (Wildman–Crippen MR) is 90.6 cm³/mol. The van der Waals surface area contributed by atoms with Gasteiger partial charge in [-0.15, -0.1) is 0 Å². The summed E-state index contributed by atoms with van der Waals surface area (Å²) in [4.78, 5) is 12.1. The Balaban J connectivity index is 1.87. The van der Waals surface area contributed by atoms with Gasteiger partial charge >= 0.3 is 6.03 Å². The largest absolute Gasteiger partial charge is 0.338 e. The number of carbonyl (C=O) groups excluding carboxylic acids is 1. The third-order valence-corrected chi connectivity index (χ3v) is 3.81. The highest BCUT2D eigenvalue weighted by Gasteiger charge is 2.17. The van der Waals surface area contributed by atoms with Gasteiger partial charge < -0.3 is 10.6 Å². The number of rotatable bonds is 6. The molecule has 0 aromatic heterocycles. The zero-order valence-electron chi connectivity index (χ0n) is 13.9. The highest BCUT2D eigenvalue weighted by atomic mass is 19.1. The molecule has 2 aromatic rings. The van der Waals surface area contributed by atoms with Crippen molar-refractivity contribution in [3.63, 3.8) is 0 Å². The highest BCUT2D eigenvalue weighted by molar-refractivity contribution is 5.74. The fourth-order valence-corrected chi connectivity index (χ4v) is 2.52. The van der Waals surface area contributed by atoms with Crippen molar-refractivity contribution in [2.75, 3.05) is 6.54 Å². The minimum atomic E-state index is -0.607. The van der Waals surface area contributed by atoms with Crippen molar-refractivity contribution in [3.8, 4) is 0 Å². The van der Waals surface area contributed by atoms with E-state index in [2.05, 4.69) is 10.6 Å². The summed E-state index contributed by atoms with van der Waals surface area (Å²) in [5.41, 5.74) is 1.41. The van der Waals surface area contributed by atoms with Crippen molar-refractivity contribution in [1.29, 1.82) is 0 Å². The summed E-state index contributed by atoms with van der Waals surface area (Å²) in [7, 11) is 0. The number of amides is 2. The van der Waals surface area contributed by atoms with Gasteiger partial charge in [-0.2, -0.15) is 0 Å². The van der Waals surface area contributed by atoms with Gasteiger partial charge in [0.25, 0.3) is 0 Å².